The first kappa shape index (κ1) is 10.9. The van der Waals surface area contributed by atoms with Gasteiger partial charge in [0.25, 0.3) is 0 Å². The Morgan fingerprint density at radius 3 is 2.56 bits per heavy atom. The maximum atomic E-state index is 13.3. The van der Waals surface area contributed by atoms with E-state index in [0.29, 0.717) is 5.82 Å². The first-order valence-electron chi connectivity index (χ1n) is 4.53. The molecule has 0 aliphatic carbocycles. The lowest BCUT2D eigenvalue weighted by atomic mass is 10.3. The molecular formula is C10H8ClF2N3. The number of benzene rings is 1. The smallest absolute Gasteiger partial charge is 0.150 e. The highest BCUT2D eigenvalue weighted by Crippen LogP contribution is 2.23. The normalized spacial score (nSPS) is 10.4. The van der Waals surface area contributed by atoms with Crippen LogP contribution in [0.15, 0.2) is 24.5 Å². The molecule has 0 saturated heterocycles. The third-order valence-electron chi connectivity index (χ3n) is 1.99. The summed E-state index contributed by atoms with van der Waals surface area (Å²) in [5.74, 6) is -0.859. The van der Waals surface area contributed by atoms with Crippen LogP contribution in [0.4, 0.5) is 14.5 Å². The van der Waals surface area contributed by atoms with Gasteiger partial charge in [-0.25, -0.2) is 13.8 Å². The van der Waals surface area contributed by atoms with Crippen LogP contribution in [0.5, 0.6) is 0 Å². The molecule has 0 spiro atoms. The fourth-order valence-electron chi connectivity index (χ4n) is 1.28. The Morgan fingerprint density at radius 1 is 1.31 bits per heavy atom. The Morgan fingerprint density at radius 2 is 2.00 bits per heavy atom. The highest BCUT2D eigenvalue weighted by Gasteiger charge is 2.10. The molecule has 1 aromatic heterocycles. The van der Waals surface area contributed by atoms with Crippen molar-refractivity contribution in [3.05, 3.63) is 47.0 Å². The van der Waals surface area contributed by atoms with Gasteiger partial charge in [0.15, 0.2) is 11.6 Å². The average Bonchev–Trinajstić information content (AvgIpc) is 2.68. The summed E-state index contributed by atoms with van der Waals surface area (Å²) in [6.45, 7) is 0.211. The van der Waals surface area contributed by atoms with Gasteiger partial charge in [0, 0.05) is 17.4 Å². The number of nitrogens with one attached hydrogen (secondary N) is 2. The molecule has 1 aromatic carbocycles. The lowest BCUT2D eigenvalue weighted by Gasteiger charge is -2.07. The number of H-pyrrole nitrogens is 1. The van der Waals surface area contributed by atoms with E-state index in [1.165, 1.54) is 0 Å². The topological polar surface area (TPSA) is 40.7 Å². The number of hydrogen-bond donors (Lipinski definition) is 2. The predicted molar refractivity (Wildman–Crippen MR) is 57.3 cm³/mol. The molecule has 16 heavy (non-hydrogen) atoms. The zero-order valence-corrected chi connectivity index (χ0v) is 8.85. The van der Waals surface area contributed by atoms with E-state index in [0.717, 1.165) is 12.1 Å². The number of aromatic amines is 1. The largest absolute Gasteiger partial charge is 0.373 e. The molecule has 2 N–H and O–H groups in total. The fraction of sp³-hybridized carbons (Fsp3) is 0.100. The monoisotopic (exact) mass is 243 g/mol. The molecule has 0 unspecified atom stereocenters. The number of rotatable bonds is 3. The third kappa shape index (κ3) is 2.30. The number of hydrogen-bond acceptors (Lipinski definition) is 2. The summed E-state index contributed by atoms with van der Waals surface area (Å²) >= 11 is 5.50. The van der Waals surface area contributed by atoms with Gasteiger partial charge in [0.1, 0.15) is 11.5 Å². The van der Waals surface area contributed by atoms with E-state index in [9.17, 15) is 8.78 Å². The Labute approximate surface area is 95.5 Å². The molecule has 0 saturated carbocycles. The molecule has 0 radical (unpaired) electrons. The standard InChI is InChI=1S/C10H8ClF2N3/c11-6-3-7(12)10(8(13)4-6)16-5-9-14-1-2-15-9/h1-4,16H,5H2,(H,14,15). The molecule has 6 heteroatoms. The van der Waals surface area contributed by atoms with Crippen LogP contribution < -0.4 is 5.32 Å². The Hall–Kier alpha value is -1.62. The van der Waals surface area contributed by atoms with E-state index in [4.69, 9.17) is 11.6 Å². The van der Waals surface area contributed by atoms with Crippen molar-refractivity contribution in [1.82, 2.24) is 9.97 Å². The Balaban J connectivity index is 2.15. The SMILES string of the molecule is Fc1cc(Cl)cc(F)c1NCc1ncc[nH]1. The Bertz CT molecular complexity index is 462. The minimum absolute atomic E-state index is 0.0264. The molecule has 1 heterocycles. The second kappa shape index (κ2) is 4.49. The average molecular weight is 244 g/mol. The van der Waals surface area contributed by atoms with Crippen LogP contribution in [0.25, 0.3) is 0 Å². The number of halogens is 3. The van der Waals surface area contributed by atoms with Gasteiger partial charge in [0.05, 0.1) is 6.54 Å². The van der Waals surface area contributed by atoms with E-state index >= 15 is 0 Å². The lowest BCUT2D eigenvalue weighted by Crippen LogP contribution is -2.05. The molecule has 3 nitrogen and oxygen atoms in total. The minimum Gasteiger partial charge on any atom is -0.373 e. The maximum Gasteiger partial charge on any atom is 0.150 e. The highest BCUT2D eigenvalue weighted by molar-refractivity contribution is 6.30. The van der Waals surface area contributed by atoms with E-state index in [-0.39, 0.29) is 17.3 Å². The van der Waals surface area contributed by atoms with Crippen molar-refractivity contribution in [2.75, 3.05) is 5.32 Å². The van der Waals surface area contributed by atoms with Crippen LogP contribution in [0, 0.1) is 11.6 Å². The summed E-state index contributed by atoms with van der Waals surface area (Å²) in [4.78, 5) is 6.73. The van der Waals surface area contributed by atoms with Crippen LogP contribution in [0.2, 0.25) is 5.02 Å². The van der Waals surface area contributed by atoms with Crippen molar-refractivity contribution >= 4 is 17.3 Å². The van der Waals surface area contributed by atoms with Crippen LogP contribution in [0.1, 0.15) is 5.82 Å². The van der Waals surface area contributed by atoms with Gasteiger partial charge >= 0.3 is 0 Å². The highest BCUT2D eigenvalue weighted by atomic mass is 35.5. The van der Waals surface area contributed by atoms with Gasteiger partial charge in [-0.05, 0) is 12.1 Å². The molecule has 0 aliphatic heterocycles. The van der Waals surface area contributed by atoms with Crippen molar-refractivity contribution in [2.45, 2.75) is 6.54 Å². The maximum absolute atomic E-state index is 13.3. The van der Waals surface area contributed by atoms with Crippen molar-refractivity contribution < 1.29 is 8.78 Å². The van der Waals surface area contributed by atoms with Gasteiger partial charge in [-0.3, -0.25) is 0 Å². The molecular weight excluding hydrogens is 236 g/mol. The zero-order valence-electron chi connectivity index (χ0n) is 8.10. The first-order chi connectivity index (χ1) is 7.66. The van der Waals surface area contributed by atoms with E-state index in [1.807, 2.05) is 0 Å². The van der Waals surface area contributed by atoms with Crippen LogP contribution in [-0.2, 0) is 6.54 Å². The van der Waals surface area contributed by atoms with Crippen LogP contribution >= 0.6 is 11.6 Å². The van der Waals surface area contributed by atoms with E-state index in [1.54, 1.807) is 12.4 Å². The summed E-state index contributed by atoms with van der Waals surface area (Å²) in [5, 5.41) is 2.63. The van der Waals surface area contributed by atoms with Crippen molar-refractivity contribution in [1.29, 1.82) is 0 Å². The molecule has 0 fully saturated rings. The fourth-order valence-corrected chi connectivity index (χ4v) is 1.47. The number of nitrogens with zero attached hydrogens (tertiary/aromatic N) is 1. The molecule has 2 rings (SSSR count). The number of aromatic nitrogens is 2. The molecule has 0 bridgehead atoms. The summed E-state index contributed by atoms with van der Waals surface area (Å²) in [7, 11) is 0. The zero-order chi connectivity index (χ0) is 11.5. The van der Waals surface area contributed by atoms with Crippen molar-refractivity contribution in [3.63, 3.8) is 0 Å². The summed E-state index contributed by atoms with van der Waals surface area (Å²) < 4.78 is 26.6. The molecule has 84 valence electrons. The summed E-state index contributed by atoms with van der Waals surface area (Å²) in [6, 6.07) is 2.10. The van der Waals surface area contributed by atoms with Crippen LogP contribution in [0.3, 0.4) is 0 Å². The van der Waals surface area contributed by atoms with Crippen LogP contribution in [-0.4, -0.2) is 9.97 Å². The first-order valence-corrected chi connectivity index (χ1v) is 4.91. The van der Waals surface area contributed by atoms with Gasteiger partial charge in [-0.1, -0.05) is 11.6 Å². The van der Waals surface area contributed by atoms with Crippen molar-refractivity contribution in [2.24, 2.45) is 0 Å². The summed E-state index contributed by atoms with van der Waals surface area (Å²) in [5.41, 5.74) is -0.208. The Kier molecular flexibility index (Phi) is 3.05. The molecule has 0 amide bonds. The number of anilines is 1. The lowest BCUT2D eigenvalue weighted by molar-refractivity contribution is 0.588. The third-order valence-corrected chi connectivity index (χ3v) is 2.21. The van der Waals surface area contributed by atoms with Gasteiger partial charge in [-0.2, -0.15) is 0 Å². The second-order valence-corrected chi connectivity index (χ2v) is 3.57. The van der Waals surface area contributed by atoms with E-state index in [2.05, 4.69) is 15.3 Å². The van der Waals surface area contributed by atoms with Gasteiger partial charge in [0.2, 0.25) is 0 Å². The quantitative estimate of drug-likeness (QED) is 0.870. The molecule has 0 aliphatic rings. The number of imidazole rings is 1. The minimum atomic E-state index is -0.725. The van der Waals surface area contributed by atoms with Crippen molar-refractivity contribution in [3.8, 4) is 0 Å². The molecule has 0 atom stereocenters. The summed E-state index contributed by atoms with van der Waals surface area (Å²) in [6.07, 6.45) is 3.19. The second-order valence-electron chi connectivity index (χ2n) is 3.13. The van der Waals surface area contributed by atoms with Gasteiger partial charge in [-0.15, -0.1) is 0 Å². The molecule has 2 aromatic rings. The predicted octanol–water partition coefficient (Wildman–Crippen LogP) is 2.95. The van der Waals surface area contributed by atoms with E-state index < -0.39 is 11.6 Å². The van der Waals surface area contributed by atoms with Gasteiger partial charge < -0.3 is 10.3 Å².